The van der Waals surface area contributed by atoms with Gasteiger partial charge < -0.3 is 10.4 Å². The van der Waals surface area contributed by atoms with Crippen LogP contribution in [-0.4, -0.2) is 17.1 Å². The van der Waals surface area contributed by atoms with E-state index in [1.807, 2.05) is 18.2 Å². The smallest absolute Gasteiger partial charge is 0.247 e. The van der Waals surface area contributed by atoms with Crippen molar-refractivity contribution in [3.63, 3.8) is 0 Å². The SMILES string of the molecule is CC(C)(C)C1=CC2C(O)=CC(=O)NC2C=C1. The number of rotatable bonds is 0. The van der Waals surface area contributed by atoms with E-state index < -0.39 is 0 Å². The van der Waals surface area contributed by atoms with Crippen LogP contribution in [0.5, 0.6) is 0 Å². The van der Waals surface area contributed by atoms with Crippen molar-refractivity contribution in [1.82, 2.24) is 5.32 Å². The molecule has 0 aromatic heterocycles. The summed E-state index contributed by atoms with van der Waals surface area (Å²) in [5.74, 6) is -0.187. The van der Waals surface area contributed by atoms with E-state index in [0.717, 1.165) is 0 Å². The summed E-state index contributed by atoms with van der Waals surface area (Å²) in [6, 6.07) is -0.108. The van der Waals surface area contributed by atoms with Gasteiger partial charge in [0.1, 0.15) is 5.76 Å². The molecule has 86 valence electrons. The first-order valence-corrected chi connectivity index (χ1v) is 5.49. The van der Waals surface area contributed by atoms with Crippen molar-refractivity contribution in [2.75, 3.05) is 0 Å². The molecule has 0 aromatic carbocycles. The highest BCUT2D eigenvalue weighted by molar-refractivity contribution is 5.89. The standard InChI is InChI=1S/C13H17NO2/c1-13(2,3)8-4-5-10-9(6-8)11(15)7-12(16)14-10/h4-7,9-10,15H,1-3H3,(H,14,16). The fourth-order valence-corrected chi connectivity index (χ4v) is 2.02. The van der Waals surface area contributed by atoms with Crippen molar-refractivity contribution in [3.8, 4) is 0 Å². The lowest BCUT2D eigenvalue weighted by atomic mass is 9.78. The van der Waals surface area contributed by atoms with Gasteiger partial charge in [-0.1, -0.05) is 39.0 Å². The molecule has 1 aliphatic carbocycles. The molecule has 2 rings (SSSR count). The van der Waals surface area contributed by atoms with Crippen LogP contribution in [0.4, 0.5) is 0 Å². The topological polar surface area (TPSA) is 49.3 Å². The van der Waals surface area contributed by atoms with Gasteiger partial charge in [0.15, 0.2) is 0 Å². The van der Waals surface area contributed by atoms with Crippen molar-refractivity contribution in [3.05, 3.63) is 35.6 Å². The van der Waals surface area contributed by atoms with Gasteiger partial charge in [0.25, 0.3) is 0 Å². The average Bonchev–Trinajstić information content (AvgIpc) is 2.15. The van der Waals surface area contributed by atoms with Crippen LogP contribution in [0.2, 0.25) is 0 Å². The van der Waals surface area contributed by atoms with Crippen molar-refractivity contribution >= 4 is 5.91 Å². The van der Waals surface area contributed by atoms with Crippen LogP contribution in [0.25, 0.3) is 0 Å². The van der Waals surface area contributed by atoms with Gasteiger partial charge in [-0.05, 0) is 11.0 Å². The summed E-state index contributed by atoms with van der Waals surface area (Å²) in [7, 11) is 0. The van der Waals surface area contributed by atoms with Crippen molar-refractivity contribution < 1.29 is 9.90 Å². The molecule has 0 fully saturated rings. The van der Waals surface area contributed by atoms with Crippen LogP contribution >= 0.6 is 0 Å². The Morgan fingerprint density at radius 3 is 2.69 bits per heavy atom. The first-order chi connectivity index (χ1) is 7.38. The van der Waals surface area contributed by atoms with Crippen molar-refractivity contribution in [2.45, 2.75) is 26.8 Å². The summed E-state index contributed by atoms with van der Waals surface area (Å²) in [5, 5.41) is 12.6. The summed E-state index contributed by atoms with van der Waals surface area (Å²) >= 11 is 0. The third-order valence-electron chi connectivity index (χ3n) is 3.02. The average molecular weight is 219 g/mol. The molecule has 1 heterocycles. The number of aliphatic hydroxyl groups is 1. The normalized spacial score (nSPS) is 29.1. The Morgan fingerprint density at radius 1 is 1.38 bits per heavy atom. The van der Waals surface area contributed by atoms with E-state index in [4.69, 9.17) is 0 Å². The molecule has 0 radical (unpaired) electrons. The highest BCUT2D eigenvalue weighted by Gasteiger charge is 2.31. The van der Waals surface area contributed by atoms with Gasteiger partial charge in [0.2, 0.25) is 5.91 Å². The summed E-state index contributed by atoms with van der Waals surface area (Å²) < 4.78 is 0. The van der Waals surface area contributed by atoms with E-state index in [1.54, 1.807) is 0 Å². The second-order valence-corrected chi connectivity index (χ2v) is 5.36. The first kappa shape index (κ1) is 11.0. The van der Waals surface area contributed by atoms with Crippen LogP contribution in [0.1, 0.15) is 20.8 Å². The first-order valence-electron chi connectivity index (χ1n) is 5.49. The molecule has 0 spiro atoms. The number of hydrogen-bond acceptors (Lipinski definition) is 2. The Hall–Kier alpha value is -1.51. The van der Waals surface area contributed by atoms with E-state index in [-0.39, 0.29) is 29.0 Å². The minimum atomic E-state index is -0.226. The van der Waals surface area contributed by atoms with E-state index in [9.17, 15) is 9.90 Å². The largest absolute Gasteiger partial charge is 0.511 e. The molecule has 2 unspecified atom stereocenters. The van der Waals surface area contributed by atoms with Crippen LogP contribution in [0.3, 0.4) is 0 Å². The summed E-state index contributed by atoms with van der Waals surface area (Å²) in [6.45, 7) is 6.39. The summed E-state index contributed by atoms with van der Waals surface area (Å²) in [6.07, 6.45) is 7.28. The third-order valence-corrected chi connectivity index (χ3v) is 3.02. The molecule has 0 saturated heterocycles. The van der Waals surface area contributed by atoms with E-state index >= 15 is 0 Å². The van der Waals surface area contributed by atoms with Crippen molar-refractivity contribution in [1.29, 1.82) is 0 Å². The Kier molecular flexibility index (Phi) is 2.41. The Bertz CT molecular complexity index is 410. The zero-order valence-corrected chi connectivity index (χ0v) is 9.82. The second kappa shape index (κ2) is 3.51. The van der Waals surface area contributed by atoms with Crippen molar-refractivity contribution in [2.24, 2.45) is 11.3 Å². The zero-order valence-electron chi connectivity index (χ0n) is 9.82. The quantitative estimate of drug-likeness (QED) is 0.655. The zero-order chi connectivity index (χ0) is 11.9. The fourth-order valence-electron chi connectivity index (χ4n) is 2.02. The fraction of sp³-hybridized carbons (Fsp3) is 0.462. The molecule has 2 N–H and O–H groups in total. The summed E-state index contributed by atoms with van der Waals surface area (Å²) in [5.41, 5.74) is 1.24. The minimum Gasteiger partial charge on any atom is -0.511 e. The predicted octanol–water partition coefficient (Wildman–Crippen LogP) is 2.09. The van der Waals surface area contributed by atoms with Crippen LogP contribution in [-0.2, 0) is 4.79 Å². The number of allylic oxidation sites excluding steroid dienone is 2. The summed E-state index contributed by atoms with van der Waals surface area (Å²) in [4.78, 5) is 11.2. The molecule has 0 saturated carbocycles. The molecule has 3 nitrogen and oxygen atoms in total. The monoisotopic (exact) mass is 219 g/mol. The van der Waals surface area contributed by atoms with Crippen LogP contribution in [0, 0.1) is 11.3 Å². The van der Waals surface area contributed by atoms with Crippen LogP contribution < -0.4 is 5.32 Å². The molecule has 1 aliphatic heterocycles. The van der Waals surface area contributed by atoms with Gasteiger partial charge in [0.05, 0.1) is 12.0 Å². The molecular formula is C13H17NO2. The van der Waals surface area contributed by atoms with Gasteiger partial charge in [-0.25, -0.2) is 0 Å². The molecule has 0 bridgehead atoms. The molecule has 0 aromatic rings. The lowest BCUT2D eigenvalue weighted by molar-refractivity contribution is -0.117. The maximum absolute atomic E-state index is 11.2. The van der Waals surface area contributed by atoms with E-state index in [1.165, 1.54) is 11.6 Å². The van der Waals surface area contributed by atoms with Gasteiger partial charge in [0, 0.05) is 6.08 Å². The number of nitrogens with one attached hydrogen (secondary N) is 1. The number of fused-ring (bicyclic) bond motifs is 1. The minimum absolute atomic E-state index is 0.0587. The van der Waals surface area contributed by atoms with Crippen LogP contribution in [0.15, 0.2) is 35.6 Å². The Balaban J connectivity index is 2.34. The van der Waals surface area contributed by atoms with Gasteiger partial charge in [-0.15, -0.1) is 0 Å². The highest BCUT2D eigenvalue weighted by Crippen LogP contribution is 2.34. The van der Waals surface area contributed by atoms with E-state index in [0.29, 0.717) is 0 Å². The molecule has 16 heavy (non-hydrogen) atoms. The molecule has 1 amide bonds. The maximum Gasteiger partial charge on any atom is 0.247 e. The Morgan fingerprint density at radius 2 is 2.06 bits per heavy atom. The second-order valence-electron chi connectivity index (χ2n) is 5.36. The number of carbonyl (C=O) groups is 1. The Labute approximate surface area is 95.5 Å². The van der Waals surface area contributed by atoms with Gasteiger partial charge in [-0.2, -0.15) is 0 Å². The molecule has 2 atom stereocenters. The number of carbonyl (C=O) groups excluding carboxylic acids is 1. The number of hydrogen-bond donors (Lipinski definition) is 2. The highest BCUT2D eigenvalue weighted by atomic mass is 16.3. The lowest BCUT2D eigenvalue weighted by Crippen LogP contribution is -2.43. The lowest BCUT2D eigenvalue weighted by Gasteiger charge is -2.32. The molecular weight excluding hydrogens is 202 g/mol. The predicted molar refractivity (Wildman–Crippen MR) is 62.8 cm³/mol. The number of aliphatic hydroxyl groups excluding tert-OH is 1. The van der Waals surface area contributed by atoms with Gasteiger partial charge >= 0.3 is 0 Å². The third kappa shape index (κ3) is 1.90. The maximum atomic E-state index is 11.2. The molecule has 2 aliphatic rings. The van der Waals surface area contributed by atoms with E-state index in [2.05, 4.69) is 26.1 Å². The molecule has 3 heteroatoms. The number of amides is 1. The van der Waals surface area contributed by atoms with Gasteiger partial charge in [-0.3, -0.25) is 4.79 Å².